The summed E-state index contributed by atoms with van der Waals surface area (Å²) in [5, 5.41) is 20.0. The van der Waals surface area contributed by atoms with Gasteiger partial charge in [0.2, 0.25) is 0 Å². The third-order valence-corrected chi connectivity index (χ3v) is 8.62. The van der Waals surface area contributed by atoms with Crippen molar-refractivity contribution in [3.63, 3.8) is 0 Å². The molecule has 1 N–H and O–H groups in total. The van der Waals surface area contributed by atoms with Gasteiger partial charge in [-0.25, -0.2) is 14.5 Å². The summed E-state index contributed by atoms with van der Waals surface area (Å²) in [5.41, 5.74) is 3.46. The molecule has 10 heteroatoms. The molecule has 4 aromatic rings. The molecule has 3 aliphatic heterocycles. The maximum atomic E-state index is 12.7. The fourth-order valence-corrected chi connectivity index (χ4v) is 6.24. The highest BCUT2D eigenvalue weighted by atomic mass is 16.5. The molecule has 10 nitrogen and oxygen atoms in total. The summed E-state index contributed by atoms with van der Waals surface area (Å²) in [6, 6.07) is 10.1. The van der Waals surface area contributed by atoms with Gasteiger partial charge < -0.3 is 19.5 Å². The van der Waals surface area contributed by atoms with E-state index in [1.807, 2.05) is 58.3 Å². The first kappa shape index (κ1) is 29.9. The fraction of sp³-hybridized carbons (Fsp3) is 0.471. The van der Waals surface area contributed by atoms with E-state index in [0.717, 1.165) is 61.5 Å². The Bertz CT molecular complexity index is 1690. The van der Waals surface area contributed by atoms with E-state index >= 15 is 0 Å². The van der Waals surface area contributed by atoms with E-state index in [1.165, 1.54) is 0 Å². The highest BCUT2D eigenvalue weighted by Gasteiger charge is 2.37. The van der Waals surface area contributed by atoms with E-state index < -0.39 is 17.7 Å². The van der Waals surface area contributed by atoms with E-state index in [2.05, 4.69) is 41.2 Å². The molecule has 44 heavy (non-hydrogen) atoms. The van der Waals surface area contributed by atoms with E-state index in [1.54, 1.807) is 9.20 Å². The van der Waals surface area contributed by atoms with Crippen LogP contribution in [0.4, 0.5) is 5.82 Å². The number of aryl methyl sites for hydroxylation is 1. The normalized spacial score (nSPS) is 17.8. The number of rotatable bonds is 3. The number of aromatic nitrogens is 5. The molecule has 3 aromatic heterocycles. The van der Waals surface area contributed by atoms with Crippen LogP contribution in [0.25, 0.3) is 11.5 Å². The van der Waals surface area contributed by atoms with Crippen LogP contribution in [-0.2, 0) is 16.0 Å². The summed E-state index contributed by atoms with van der Waals surface area (Å²) in [6.45, 7) is 11.9. The molecule has 1 fully saturated rings. The molecule has 8 bridgehead atoms. The summed E-state index contributed by atoms with van der Waals surface area (Å²) in [5.74, 6) is 1.14. The van der Waals surface area contributed by atoms with Gasteiger partial charge in [-0.1, -0.05) is 31.2 Å². The molecule has 7 rings (SSSR count). The maximum absolute atomic E-state index is 12.7. The second kappa shape index (κ2) is 11.7. The molecule has 6 heterocycles. The number of hydrogen-bond acceptors (Lipinski definition) is 7. The van der Waals surface area contributed by atoms with Crippen molar-refractivity contribution in [2.45, 2.75) is 78.4 Å². The quantitative estimate of drug-likeness (QED) is 0.283. The van der Waals surface area contributed by atoms with Crippen molar-refractivity contribution in [1.82, 2.24) is 24.4 Å². The average Bonchev–Trinajstić information content (AvgIpc) is 3.60. The van der Waals surface area contributed by atoms with Crippen molar-refractivity contribution in [1.29, 1.82) is 0 Å². The molecule has 0 radical (unpaired) electrons. The highest BCUT2D eigenvalue weighted by Crippen LogP contribution is 2.41. The third kappa shape index (κ3) is 6.36. The number of aliphatic carboxylic acids is 1. The summed E-state index contributed by atoms with van der Waals surface area (Å²) in [6.07, 6.45) is 11.7. The van der Waals surface area contributed by atoms with Gasteiger partial charge in [-0.05, 0) is 82.1 Å². The lowest BCUT2D eigenvalue weighted by molar-refractivity contribution is -0.160. The monoisotopic (exact) mass is 598 g/mol. The van der Waals surface area contributed by atoms with Crippen LogP contribution in [0.15, 0.2) is 54.9 Å². The van der Waals surface area contributed by atoms with Crippen LogP contribution in [0.5, 0.6) is 5.75 Å². The molecule has 3 aliphatic rings. The van der Waals surface area contributed by atoms with Gasteiger partial charge in [0, 0.05) is 37.5 Å². The van der Waals surface area contributed by atoms with Crippen LogP contribution in [0, 0.1) is 12.3 Å². The third-order valence-electron chi connectivity index (χ3n) is 8.62. The predicted octanol–water partition coefficient (Wildman–Crippen LogP) is 6.09. The number of benzene rings is 1. The van der Waals surface area contributed by atoms with Gasteiger partial charge in [-0.2, -0.15) is 9.61 Å². The van der Waals surface area contributed by atoms with Gasteiger partial charge in [0.15, 0.2) is 17.6 Å². The molecule has 0 spiro atoms. The maximum Gasteiger partial charge on any atom is 0.337 e. The van der Waals surface area contributed by atoms with Crippen LogP contribution < -0.4 is 9.64 Å². The topological polar surface area (TPSA) is 107 Å². The van der Waals surface area contributed by atoms with Crippen LogP contribution in [-0.4, -0.2) is 60.8 Å². The predicted molar refractivity (Wildman–Crippen MR) is 169 cm³/mol. The minimum absolute atomic E-state index is 0.172. The van der Waals surface area contributed by atoms with E-state index in [9.17, 15) is 9.90 Å². The zero-order chi connectivity index (χ0) is 31.1. The standard InChI is InChI=1S/C34H42N6O4/c1-23-29(30(32(41)42)44-33(2,3)4)31-38-15-13-34(5,14-16-38)12-7-6-8-17-43-26-11-9-10-24(19-26)18-25-21-35-39(22-25)28-20-27(36-23)40(31)37-28/h6,8-11,19-22,30H,7,12-18H2,1-5H3,(H,41,42). The minimum atomic E-state index is -1.20. The van der Waals surface area contributed by atoms with Gasteiger partial charge in [0.25, 0.3) is 0 Å². The Morgan fingerprint density at radius 2 is 1.91 bits per heavy atom. The number of carbonyl (C=O) groups is 1. The average molecular weight is 599 g/mol. The van der Waals surface area contributed by atoms with Crippen LogP contribution in [0.2, 0.25) is 0 Å². The first-order valence-corrected chi connectivity index (χ1v) is 15.4. The number of carboxylic acids is 1. The Morgan fingerprint density at radius 1 is 1.11 bits per heavy atom. The van der Waals surface area contributed by atoms with Crippen LogP contribution >= 0.6 is 0 Å². The molecular formula is C34H42N6O4. The van der Waals surface area contributed by atoms with Gasteiger partial charge >= 0.3 is 5.97 Å². The van der Waals surface area contributed by atoms with E-state index in [0.29, 0.717) is 35.8 Å². The molecule has 1 unspecified atom stereocenters. The number of anilines is 1. The SMILES string of the molecule is Cc1nc2cc3nn2c(c1C(OC(C)(C)C)C(=O)O)N1CCC(C)(CCC=CCOc2cccc(c2)Cc2cnn-3c2)CC1. The number of fused-ring (bicyclic) bond motifs is 6. The molecule has 1 saturated heterocycles. The first-order chi connectivity index (χ1) is 21.0. The minimum Gasteiger partial charge on any atom is -0.490 e. The van der Waals surface area contributed by atoms with Crippen molar-refractivity contribution >= 4 is 17.4 Å². The fourth-order valence-electron chi connectivity index (χ4n) is 6.24. The number of nitrogens with zero attached hydrogens (tertiary/aromatic N) is 6. The summed E-state index contributed by atoms with van der Waals surface area (Å²) in [4.78, 5) is 19.8. The van der Waals surface area contributed by atoms with Crippen molar-refractivity contribution in [3.05, 3.63) is 77.3 Å². The Kier molecular flexibility index (Phi) is 7.96. The number of ether oxygens (including phenoxy) is 2. The summed E-state index contributed by atoms with van der Waals surface area (Å²) < 4.78 is 15.7. The lowest BCUT2D eigenvalue weighted by Gasteiger charge is -2.41. The zero-order valence-electron chi connectivity index (χ0n) is 26.3. The Hall–Kier alpha value is -4.18. The van der Waals surface area contributed by atoms with Crippen LogP contribution in [0.1, 0.15) is 81.9 Å². The van der Waals surface area contributed by atoms with Crippen molar-refractivity contribution in [2.75, 3.05) is 24.6 Å². The highest BCUT2D eigenvalue weighted by molar-refractivity contribution is 5.78. The summed E-state index contributed by atoms with van der Waals surface area (Å²) >= 11 is 0. The van der Waals surface area contributed by atoms with Crippen molar-refractivity contribution in [3.8, 4) is 11.6 Å². The van der Waals surface area contributed by atoms with E-state index in [4.69, 9.17) is 19.6 Å². The number of hydrogen-bond donors (Lipinski definition) is 1. The van der Waals surface area contributed by atoms with Crippen molar-refractivity contribution < 1.29 is 19.4 Å². The number of allylic oxidation sites excluding steroid dienone is 1. The molecule has 0 saturated carbocycles. The molecule has 1 atom stereocenters. The Balaban J connectivity index is 1.47. The number of carboxylic acid groups (broad SMARTS) is 1. The summed E-state index contributed by atoms with van der Waals surface area (Å²) in [7, 11) is 0. The van der Waals surface area contributed by atoms with Gasteiger partial charge in [0.05, 0.1) is 17.4 Å². The Morgan fingerprint density at radius 3 is 2.66 bits per heavy atom. The Labute approximate surface area is 258 Å². The van der Waals surface area contributed by atoms with E-state index in [-0.39, 0.29) is 5.41 Å². The van der Waals surface area contributed by atoms with Gasteiger partial charge in [-0.3, -0.25) is 0 Å². The smallest absolute Gasteiger partial charge is 0.337 e. The van der Waals surface area contributed by atoms with Gasteiger partial charge in [0.1, 0.15) is 18.2 Å². The first-order valence-electron chi connectivity index (χ1n) is 15.4. The van der Waals surface area contributed by atoms with Gasteiger partial charge in [-0.15, -0.1) is 5.10 Å². The molecular weight excluding hydrogens is 556 g/mol. The van der Waals surface area contributed by atoms with Crippen LogP contribution in [0.3, 0.4) is 0 Å². The second-order valence-corrected chi connectivity index (χ2v) is 13.4. The largest absolute Gasteiger partial charge is 0.490 e. The lowest BCUT2D eigenvalue weighted by atomic mass is 9.76. The zero-order valence-corrected chi connectivity index (χ0v) is 26.3. The number of piperidine rings is 1. The second-order valence-electron chi connectivity index (χ2n) is 13.4. The molecule has 232 valence electrons. The lowest BCUT2D eigenvalue weighted by Crippen LogP contribution is -2.41. The molecule has 0 amide bonds. The molecule has 0 aliphatic carbocycles. The molecule has 1 aromatic carbocycles. The van der Waals surface area contributed by atoms with Crippen molar-refractivity contribution in [2.24, 2.45) is 5.41 Å².